The highest BCUT2D eigenvalue weighted by Crippen LogP contribution is 2.14. The van der Waals surface area contributed by atoms with Gasteiger partial charge in [-0.15, -0.1) is 0 Å². The molecule has 0 radical (unpaired) electrons. The smallest absolute Gasteiger partial charge is 0.141 e. The first-order valence-electron chi connectivity index (χ1n) is 5.85. The van der Waals surface area contributed by atoms with Gasteiger partial charge in [-0.05, 0) is 18.6 Å². The lowest BCUT2D eigenvalue weighted by Crippen LogP contribution is -2.28. The normalized spacial score (nSPS) is 10.2. The number of nitrogens with one attached hydrogen (secondary N) is 1. The number of aromatic nitrogens is 1. The summed E-state index contributed by atoms with van der Waals surface area (Å²) in [5.41, 5.74) is 6.84. The van der Waals surface area contributed by atoms with Crippen LogP contribution in [0, 0.1) is 5.41 Å². The lowest BCUT2D eigenvalue weighted by molar-refractivity contribution is 0.301. The second kappa shape index (κ2) is 6.85. The minimum atomic E-state index is -0.0358. The molecule has 0 bridgehead atoms. The second-order valence-electron chi connectivity index (χ2n) is 3.88. The summed E-state index contributed by atoms with van der Waals surface area (Å²) in [6.07, 6.45) is 3.81. The number of nitrogens with zero attached hydrogens (tertiary/aromatic N) is 2. The Labute approximate surface area is 102 Å². The topological polar surface area (TPSA) is 86.2 Å². The van der Waals surface area contributed by atoms with Crippen molar-refractivity contribution in [1.82, 2.24) is 4.98 Å². The number of hydrogen-bond donors (Lipinski definition) is 3. The summed E-state index contributed by atoms with van der Waals surface area (Å²) < 4.78 is 0. The molecule has 1 rings (SSSR count). The maximum atomic E-state index is 9.05. The molecule has 0 fully saturated rings. The van der Waals surface area contributed by atoms with Crippen LogP contribution in [0.15, 0.2) is 18.3 Å². The zero-order chi connectivity index (χ0) is 12.7. The third kappa shape index (κ3) is 4.03. The molecule has 5 heteroatoms. The van der Waals surface area contributed by atoms with Gasteiger partial charge in [0.2, 0.25) is 0 Å². The van der Waals surface area contributed by atoms with Crippen molar-refractivity contribution in [2.24, 2.45) is 5.73 Å². The van der Waals surface area contributed by atoms with Crippen molar-refractivity contribution in [2.75, 3.05) is 24.6 Å². The van der Waals surface area contributed by atoms with Crippen LogP contribution in [0.4, 0.5) is 5.69 Å². The summed E-state index contributed by atoms with van der Waals surface area (Å²) in [6.45, 7) is 3.71. The van der Waals surface area contributed by atoms with E-state index >= 15 is 0 Å². The van der Waals surface area contributed by atoms with Gasteiger partial charge in [0.05, 0.1) is 6.61 Å². The minimum Gasteiger partial charge on any atom is -0.395 e. The number of pyridine rings is 1. The first kappa shape index (κ1) is 13.4. The molecule has 0 saturated carbocycles. The molecule has 17 heavy (non-hydrogen) atoms. The summed E-state index contributed by atoms with van der Waals surface area (Å²) in [5.74, 6) is -0.0358. The van der Waals surface area contributed by atoms with E-state index in [9.17, 15) is 0 Å². The highest BCUT2D eigenvalue weighted by Gasteiger charge is 2.07. The van der Waals surface area contributed by atoms with Crippen molar-refractivity contribution in [3.8, 4) is 0 Å². The SMILES string of the molecule is CCCCN(CCO)c1ccnc(C(=N)N)c1. The number of hydrogen-bond acceptors (Lipinski definition) is 4. The van der Waals surface area contributed by atoms with Crippen LogP contribution < -0.4 is 10.6 Å². The molecule has 1 aromatic rings. The number of aliphatic hydroxyl groups is 1. The molecule has 0 amide bonds. The number of unbranched alkanes of at least 4 members (excludes halogenated alkanes) is 1. The van der Waals surface area contributed by atoms with Crippen LogP contribution >= 0.6 is 0 Å². The number of aliphatic hydroxyl groups excluding tert-OH is 1. The van der Waals surface area contributed by atoms with Gasteiger partial charge >= 0.3 is 0 Å². The van der Waals surface area contributed by atoms with E-state index in [0.717, 1.165) is 25.1 Å². The lowest BCUT2D eigenvalue weighted by Gasteiger charge is -2.24. The molecule has 1 aromatic heterocycles. The van der Waals surface area contributed by atoms with Gasteiger partial charge in [-0.1, -0.05) is 13.3 Å². The molecule has 5 nitrogen and oxygen atoms in total. The van der Waals surface area contributed by atoms with Crippen molar-refractivity contribution >= 4 is 11.5 Å². The predicted molar refractivity (Wildman–Crippen MR) is 69.5 cm³/mol. The van der Waals surface area contributed by atoms with E-state index in [1.54, 1.807) is 12.3 Å². The third-order valence-corrected chi connectivity index (χ3v) is 2.54. The van der Waals surface area contributed by atoms with Crippen LogP contribution in [-0.4, -0.2) is 35.6 Å². The van der Waals surface area contributed by atoms with Gasteiger partial charge in [-0.3, -0.25) is 10.4 Å². The summed E-state index contributed by atoms with van der Waals surface area (Å²) in [5, 5.41) is 16.4. The number of rotatable bonds is 7. The molecule has 1 heterocycles. The van der Waals surface area contributed by atoms with Crippen LogP contribution in [0.3, 0.4) is 0 Å². The van der Waals surface area contributed by atoms with Gasteiger partial charge in [0.25, 0.3) is 0 Å². The lowest BCUT2D eigenvalue weighted by atomic mass is 10.2. The van der Waals surface area contributed by atoms with Crippen molar-refractivity contribution in [2.45, 2.75) is 19.8 Å². The Hall–Kier alpha value is -1.62. The molecule has 0 unspecified atom stereocenters. The Bertz CT molecular complexity index is 367. The number of anilines is 1. The summed E-state index contributed by atoms with van der Waals surface area (Å²) in [4.78, 5) is 6.10. The minimum absolute atomic E-state index is 0.0358. The molecule has 0 aliphatic heterocycles. The average molecular weight is 236 g/mol. The largest absolute Gasteiger partial charge is 0.395 e. The molecular weight excluding hydrogens is 216 g/mol. The van der Waals surface area contributed by atoms with Crippen LogP contribution in [0.1, 0.15) is 25.5 Å². The summed E-state index contributed by atoms with van der Waals surface area (Å²) in [6, 6.07) is 3.66. The van der Waals surface area contributed by atoms with Gasteiger partial charge < -0.3 is 15.7 Å². The maximum Gasteiger partial charge on any atom is 0.141 e. The van der Waals surface area contributed by atoms with Gasteiger partial charge in [-0.25, -0.2) is 0 Å². The van der Waals surface area contributed by atoms with Crippen molar-refractivity contribution < 1.29 is 5.11 Å². The van der Waals surface area contributed by atoms with Crippen LogP contribution in [0.2, 0.25) is 0 Å². The fourth-order valence-electron chi connectivity index (χ4n) is 1.60. The molecule has 0 aromatic carbocycles. The van der Waals surface area contributed by atoms with E-state index in [4.69, 9.17) is 16.2 Å². The molecule has 0 aliphatic carbocycles. The monoisotopic (exact) mass is 236 g/mol. The zero-order valence-corrected chi connectivity index (χ0v) is 10.2. The Morgan fingerprint density at radius 1 is 1.53 bits per heavy atom. The fourth-order valence-corrected chi connectivity index (χ4v) is 1.60. The molecule has 0 spiro atoms. The summed E-state index contributed by atoms with van der Waals surface area (Å²) in [7, 11) is 0. The van der Waals surface area contributed by atoms with Crippen LogP contribution in [0.25, 0.3) is 0 Å². The van der Waals surface area contributed by atoms with Crippen molar-refractivity contribution in [1.29, 1.82) is 5.41 Å². The van der Waals surface area contributed by atoms with E-state index in [1.165, 1.54) is 0 Å². The molecule has 0 aliphatic rings. The predicted octanol–water partition coefficient (Wildman–Crippen LogP) is 0.964. The van der Waals surface area contributed by atoms with E-state index in [-0.39, 0.29) is 12.4 Å². The Morgan fingerprint density at radius 3 is 2.88 bits per heavy atom. The van der Waals surface area contributed by atoms with Gasteiger partial charge in [0.15, 0.2) is 0 Å². The van der Waals surface area contributed by atoms with Crippen molar-refractivity contribution in [3.63, 3.8) is 0 Å². The quantitative estimate of drug-likeness (QED) is 0.486. The van der Waals surface area contributed by atoms with Crippen LogP contribution in [0.5, 0.6) is 0 Å². The van der Waals surface area contributed by atoms with E-state index in [0.29, 0.717) is 12.2 Å². The highest BCUT2D eigenvalue weighted by atomic mass is 16.3. The number of nitrogens with two attached hydrogens (primary N) is 1. The van der Waals surface area contributed by atoms with E-state index < -0.39 is 0 Å². The van der Waals surface area contributed by atoms with E-state index in [1.807, 2.05) is 6.07 Å². The molecular formula is C12H20N4O. The van der Waals surface area contributed by atoms with Gasteiger partial charge in [0, 0.05) is 25.0 Å². The zero-order valence-electron chi connectivity index (χ0n) is 10.2. The first-order valence-corrected chi connectivity index (χ1v) is 5.85. The molecule has 4 N–H and O–H groups in total. The number of amidine groups is 1. The molecule has 0 saturated heterocycles. The van der Waals surface area contributed by atoms with Gasteiger partial charge in [-0.2, -0.15) is 0 Å². The Morgan fingerprint density at radius 2 is 2.29 bits per heavy atom. The summed E-state index contributed by atoms with van der Waals surface area (Å²) >= 11 is 0. The Kier molecular flexibility index (Phi) is 5.42. The second-order valence-corrected chi connectivity index (χ2v) is 3.88. The van der Waals surface area contributed by atoms with Crippen LogP contribution in [-0.2, 0) is 0 Å². The van der Waals surface area contributed by atoms with E-state index in [2.05, 4.69) is 16.8 Å². The molecule has 0 atom stereocenters. The highest BCUT2D eigenvalue weighted by molar-refractivity contribution is 5.93. The fraction of sp³-hybridized carbons (Fsp3) is 0.500. The van der Waals surface area contributed by atoms with Gasteiger partial charge in [0.1, 0.15) is 11.5 Å². The standard InChI is InChI=1S/C12H20N4O/c1-2-3-6-16(7-8-17)10-4-5-15-11(9-10)12(13)14/h4-5,9,17H,2-3,6-8H2,1H3,(H3,13,14). The Balaban J connectivity index is 2.84. The average Bonchev–Trinajstić information content (AvgIpc) is 2.34. The molecule has 94 valence electrons. The first-order chi connectivity index (χ1) is 8.19. The number of nitrogen functional groups attached to an aromatic ring is 1. The third-order valence-electron chi connectivity index (χ3n) is 2.54. The maximum absolute atomic E-state index is 9.05. The van der Waals surface area contributed by atoms with Crippen molar-refractivity contribution in [3.05, 3.63) is 24.0 Å².